The summed E-state index contributed by atoms with van der Waals surface area (Å²) in [6.45, 7) is 0. The van der Waals surface area contributed by atoms with E-state index in [1.54, 1.807) is 24.3 Å². The zero-order valence-corrected chi connectivity index (χ0v) is 11.0. The third-order valence-corrected chi connectivity index (χ3v) is 3.22. The van der Waals surface area contributed by atoms with Crippen molar-refractivity contribution in [3.63, 3.8) is 0 Å². The predicted molar refractivity (Wildman–Crippen MR) is 74.8 cm³/mol. The molecule has 1 saturated carbocycles. The Bertz CT molecular complexity index is 441. The van der Waals surface area contributed by atoms with Crippen LogP contribution in [0.5, 0.6) is 0 Å². The lowest BCUT2D eigenvalue weighted by molar-refractivity contribution is 0.0601. The van der Waals surface area contributed by atoms with E-state index in [2.05, 4.69) is 15.4 Å². The van der Waals surface area contributed by atoms with E-state index in [1.807, 2.05) is 0 Å². The zero-order valence-electron chi connectivity index (χ0n) is 10.2. The molecule has 0 saturated heterocycles. The topological polar surface area (TPSA) is 50.4 Å². The number of rotatable bonds is 3. The number of hydrogen-bond acceptors (Lipinski definition) is 3. The number of hydrogen-bond donors (Lipinski definition) is 2. The lowest BCUT2D eigenvalue weighted by Crippen LogP contribution is -2.41. The van der Waals surface area contributed by atoms with Crippen LogP contribution < -0.4 is 10.6 Å². The molecule has 1 aliphatic carbocycles. The number of carbonyl (C=O) groups is 1. The Balaban J connectivity index is 1.89. The third kappa shape index (κ3) is 3.20. The minimum Gasteiger partial charge on any atom is -0.465 e. The van der Waals surface area contributed by atoms with Crippen LogP contribution >= 0.6 is 12.2 Å². The Kier molecular flexibility index (Phi) is 4.15. The second kappa shape index (κ2) is 5.82. The second-order valence-electron chi connectivity index (χ2n) is 4.30. The Morgan fingerprint density at radius 3 is 2.50 bits per heavy atom. The van der Waals surface area contributed by atoms with Crippen molar-refractivity contribution in [2.24, 2.45) is 0 Å². The van der Waals surface area contributed by atoms with E-state index in [-0.39, 0.29) is 5.97 Å². The average Bonchev–Trinajstić information content (AvgIpc) is 2.34. The van der Waals surface area contributed by atoms with Crippen molar-refractivity contribution in [1.82, 2.24) is 5.32 Å². The molecular formula is C13H16N2O2S. The minimum absolute atomic E-state index is 0.336. The smallest absolute Gasteiger partial charge is 0.337 e. The van der Waals surface area contributed by atoms with Gasteiger partial charge in [0.15, 0.2) is 5.11 Å². The third-order valence-electron chi connectivity index (χ3n) is 3.00. The van der Waals surface area contributed by atoms with Crippen LogP contribution in [-0.2, 0) is 4.74 Å². The van der Waals surface area contributed by atoms with E-state index in [0.717, 1.165) is 5.69 Å². The molecule has 1 aromatic carbocycles. The van der Waals surface area contributed by atoms with Gasteiger partial charge in [0.25, 0.3) is 0 Å². The Morgan fingerprint density at radius 1 is 1.33 bits per heavy atom. The molecule has 0 unspecified atom stereocenters. The van der Waals surface area contributed by atoms with Crippen molar-refractivity contribution in [2.45, 2.75) is 25.3 Å². The van der Waals surface area contributed by atoms with E-state index >= 15 is 0 Å². The normalized spacial score (nSPS) is 14.5. The molecule has 4 nitrogen and oxygen atoms in total. The summed E-state index contributed by atoms with van der Waals surface area (Å²) >= 11 is 5.21. The van der Waals surface area contributed by atoms with Crippen molar-refractivity contribution in [3.8, 4) is 0 Å². The van der Waals surface area contributed by atoms with Gasteiger partial charge >= 0.3 is 5.97 Å². The first-order valence-electron chi connectivity index (χ1n) is 5.95. The lowest BCUT2D eigenvalue weighted by Gasteiger charge is -2.27. The van der Waals surface area contributed by atoms with Gasteiger partial charge in [-0.1, -0.05) is 0 Å². The standard InChI is InChI=1S/C13H16N2O2S/c1-17-12(16)9-5-7-11(8-6-9)15-13(18)14-10-3-2-4-10/h5-8,10H,2-4H2,1H3,(H2,14,15,18). The van der Waals surface area contributed by atoms with E-state index in [0.29, 0.717) is 16.7 Å². The monoisotopic (exact) mass is 264 g/mol. The predicted octanol–water partition coefficient (Wildman–Crippen LogP) is 2.31. The fraction of sp³-hybridized carbons (Fsp3) is 0.385. The number of ether oxygens (including phenoxy) is 1. The second-order valence-corrected chi connectivity index (χ2v) is 4.70. The summed E-state index contributed by atoms with van der Waals surface area (Å²) in [4.78, 5) is 11.3. The summed E-state index contributed by atoms with van der Waals surface area (Å²) in [5, 5.41) is 6.97. The first-order valence-corrected chi connectivity index (χ1v) is 6.36. The lowest BCUT2D eigenvalue weighted by atomic mass is 9.93. The summed E-state index contributed by atoms with van der Waals surface area (Å²) < 4.78 is 4.63. The van der Waals surface area contributed by atoms with Crippen LogP contribution in [0.4, 0.5) is 5.69 Å². The largest absolute Gasteiger partial charge is 0.465 e. The van der Waals surface area contributed by atoms with Gasteiger partial charge in [-0.05, 0) is 55.7 Å². The number of carbonyl (C=O) groups excluding carboxylic acids is 1. The number of methoxy groups -OCH3 is 1. The van der Waals surface area contributed by atoms with Gasteiger partial charge in [0, 0.05) is 11.7 Å². The number of esters is 1. The molecule has 0 aromatic heterocycles. The summed E-state index contributed by atoms with van der Waals surface area (Å²) in [5.74, 6) is -0.336. The zero-order chi connectivity index (χ0) is 13.0. The van der Waals surface area contributed by atoms with Gasteiger partial charge in [0.2, 0.25) is 0 Å². The number of thiocarbonyl (C=S) groups is 1. The van der Waals surface area contributed by atoms with Gasteiger partial charge in [0.05, 0.1) is 12.7 Å². The highest BCUT2D eigenvalue weighted by molar-refractivity contribution is 7.80. The van der Waals surface area contributed by atoms with Crippen LogP contribution in [0.2, 0.25) is 0 Å². The molecular weight excluding hydrogens is 248 g/mol. The molecule has 0 heterocycles. The summed E-state index contributed by atoms with van der Waals surface area (Å²) in [5.41, 5.74) is 1.39. The molecule has 1 aliphatic rings. The van der Waals surface area contributed by atoms with Crippen LogP contribution in [0.3, 0.4) is 0 Å². The fourth-order valence-corrected chi connectivity index (χ4v) is 2.00. The molecule has 5 heteroatoms. The number of benzene rings is 1. The molecule has 1 aromatic rings. The molecule has 18 heavy (non-hydrogen) atoms. The Labute approximate surface area is 112 Å². The Hall–Kier alpha value is -1.62. The SMILES string of the molecule is COC(=O)c1ccc(NC(=S)NC2CCC2)cc1. The highest BCUT2D eigenvalue weighted by atomic mass is 32.1. The summed E-state index contributed by atoms with van der Waals surface area (Å²) in [7, 11) is 1.37. The molecule has 0 bridgehead atoms. The minimum atomic E-state index is -0.336. The van der Waals surface area contributed by atoms with Gasteiger partial charge in [-0.15, -0.1) is 0 Å². The maximum atomic E-state index is 11.3. The van der Waals surface area contributed by atoms with E-state index < -0.39 is 0 Å². The molecule has 2 rings (SSSR count). The van der Waals surface area contributed by atoms with Crippen LogP contribution in [0.1, 0.15) is 29.6 Å². The van der Waals surface area contributed by atoms with Crippen molar-refractivity contribution in [3.05, 3.63) is 29.8 Å². The van der Waals surface area contributed by atoms with Crippen molar-refractivity contribution in [2.75, 3.05) is 12.4 Å². The molecule has 2 N–H and O–H groups in total. The molecule has 0 aliphatic heterocycles. The van der Waals surface area contributed by atoms with Crippen LogP contribution in [0, 0.1) is 0 Å². The molecule has 0 radical (unpaired) electrons. The van der Waals surface area contributed by atoms with E-state index in [4.69, 9.17) is 12.2 Å². The molecule has 0 spiro atoms. The average molecular weight is 264 g/mol. The summed E-state index contributed by atoms with van der Waals surface area (Å²) in [6, 6.07) is 7.54. The quantitative estimate of drug-likeness (QED) is 0.648. The Morgan fingerprint density at radius 2 is 2.00 bits per heavy atom. The van der Waals surface area contributed by atoms with Gasteiger partial charge in [0.1, 0.15) is 0 Å². The van der Waals surface area contributed by atoms with Crippen LogP contribution in [0.25, 0.3) is 0 Å². The van der Waals surface area contributed by atoms with E-state index in [9.17, 15) is 4.79 Å². The van der Waals surface area contributed by atoms with Crippen molar-refractivity contribution in [1.29, 1.82) is 0 Å². The van der Waals surface area contributed by atoms with Crippen molar-refractivity contribution < 1.29 is 9.53 Å². The highest BCUT2D eigenvalue weighted by Gasteiger charge is 2.17. The first kappa shape index (κ1) is 12.8. The van der Waals surface area contributed by atoms with Crippen molar-refractivity contribution >= 4 is 29.0 Å². The van der Waals surface area contributed by atoms with Gasteiger partial charge in [-0.2, -0.15) is 0 Å². The number of anilines is 1. The van der Waals surface area contributed by atoms with Crippen LogP contribution in [0.15, 0.2) is 24.3 Å². The van der Waals surface area contributed by atoms with Crippen LogP contribution in [-0.4, -0.2) is 24.2 Å². The highest BCUT2D eigenvalue weighted by Crippen LogP contribution is 2.18. The fourth-order valence-electron chi connectivity index (χ4n) is 1.71. The number of nitrogens with one attached hydrogen (secondary N) is 2. The van der Waals surface area contributed by atoms with Gasteiger partial charge in [-0.25, -0.2) is 4.79 Å². The first-order chi connectivity index (χ1) is 8.69. The molecule has 0 amide bonds. The maximum Gasteiger partial charge on any atom is 0.337 e. The van der Waals surface area contributed by atoms with Gasteiger partial charge in [-0.3, -0.25) is 0 Å². The van der Waals surface area contributed by atoms with Gasteiger partial charge < -0.3 is 15.4 Å². The maximum absolute atomic E-state index is 11.3. The molecule has 96 valence electrons. The molecule has 1 fully saturated rings. The molecule has 0 atom stereocenters. The van der Waals surface area contributed by atoms with E-state index in [1.165, 1.54) is 26.4 Å². The summed E-state index contributed by atoms with van der Waals surface area (Å²) in [6.07, 6.45) is 3.64.